The minimum atomic E-state index is 0.914. The molecule has 216 valence electrons. The van der Waals surface area contributed by atoms with E-state index in [9.17, 15) is 0 Å². The van der Waals surface area contributed by atoms with E-state index in [0.29, 0.717) is 0 Å². The summed E-state index contributed by atoms with van der Waals surface area (Å²) in [5.41, 5.74) is 6.80. The standard InChI is InChI=1S/C46H26O/c1-2-9-31-25-42-40(24-30(31)8-1)33-21-20-32(26-41(33)47-42)44-34-12-3-5-14-36(34)46(37-15-6-4-13-35(37)44)39-23-19-29-17-16-27-10-7-11-28-18-22-38(39)45(29)43(27)28/h1-26H. The molecule has 0 aliphatic carbocycles. The second-order valence-electron chi connectivity index (χ2n) is 12.8. The van der Waals surface area contributed by atoms with Crippen molar-refractivity contribution in [2.45, 2.75) is 0 Å². The van der Waals surface area contributed by atoms with Gasteiger partial charge in [-0.1, -0.05) is 133 Å². The average Bonchev–Trinajstić information content (AvgIpc) is 3.48. The molecule has 0 atom stereocenters. The van der Waals surface area contributed by atoms with Crippen LogP contribution in [0.25, 0.3) is 109 Å². The van der Waals surface area contributed by atoms with Gasteiger partial charge in [0.25, 0.3) is 0 Å². The molecule has 0 fully saturated rings. The molecule has 0 unspecified atom stereocenters. The van der Waals surface area contributed by atoms with Crippen molar-refractivity contribution in [3.63, 3.8) is 0 Å². The highest BCUT2D eigenvalue weighted by molar-refractivity contribution is 6.29. The number of furan rings is 1. The predicted octanol–water partition coefficient (Wildman–Crippen LogP) is 13.3. The van der Waals surface area contributed by atoms with Gasteiger partial charge in [0.05, 0.1) is 0 Å². The van der Waals surface area contributed by atoms with Crippen molar-refractivity contribution < 1.29 is 4.42 Å². The first kappa shape index (κ1) is 25.1. The van der Waals surface area contributed by atoms with Crippen molar-refractivity contribution in [2.24, 2.45) is 0 Å². The highest BCUT2D eigenvalue weighted by atomic mass is 16.3. The smallest absolute Gasteiger partial charge is 0.136 e. The third kappa shape index (κ3) is 3.43. The van der Waals surface area contributed by atoms with Gasteiger partial charge in [-0.3, -0.25) is 0 Å². The van der Waals surface area contributed by atoms with Crippen molar-refractivity contribution in [2.75, 3.05) is 0 Å². The summed E-state index contributed by atoms with van der Waals surface area (Å²) in [6, 6.07) is 57.9. The fraction of sp³-hybridized carbons (Fsp3) is 0. The zero-order valence-corrected chi connectivity index (χ0v) is 25.4. The average molecular weight is 595 g/mol. The van der Waals surface area contributed by atoms with Crippen molar-refractivity contribution in [1.82, 2.24) is 0 Å². The normalized spacial score (nSPS) is 12.3. The lowest BCUT2D eigenvalue weighted by molar-refractivity contribution is 0.669. The molecule has 1 nitrogen and oxygen atoms in total. The summed E-state index contributed by atoms with van der Waals surface area (Å²) < 4.78 is 6.54. The quantitative estimate of drug-likeness (QED) is 0.143. The molecular weight excluding hydrogens is 569 g/mol. The molecule has 0 aliphatic rings. The van der Waals surface area contributed by atoms with Gasteiger partial charge < -0.3 is 4.42 Å². The van der Waals surface area contributed by atoms with Gasteiger partial charge in [0.1, 0.15) is 11.2 Å². The van der Waals surface area contributed by atoms with Crippen LogP contribution in [-0.4, -0.2) is 0 Å². The Hall–Kier alpha value is -6.18. The van der Waals surface area contributed by atoms with E-state index in [0.717, 1.165) is 27.5 Å². The Labute approximate surface area is 270 Å². The first-order chi connectivity index (χ1) is 23.3. The van der Waals surface area contributed by atoms with Gasteiger partial charge in [-0.15, -0.1) is 0 Å². The van der Waals surface area contributed by atoms with E-state index in [1.54, 1.807) is 0 Å². The summed E-state index contributed by atoms with van der Waals surface area (Å²) in [5.74, 6) is 0. The summed E-state index contributed by atoms with van der Waals surface area (Å²) in [4.78, 5) is 0. The zero-order chi connectivity index (χ0) is 30.6. The number of rotatable bonds is 2. The van der Waals surface area contributed by atoms with Crippen LogP contribution in [0.1, 0.15) is 0 Å². The van der Waals surface area contributed by atoms with Gasteiger partial charge in [-0.2, -0.15) is 0 Å². The minimum absolute atomic E-state index is 0.914. The molecule has 0 bridgehead atoms. The van der Waals surface area contributed by atoms with E-state index in [1.807, 2.05) is 0 Å². The molecule has 1 heteroatoms. The predicted molar refractivity (Wildman–Crippen MR) is 201 cm³/mol. The first-order valence-electron chi connectivity index (χ1n) is 16.3. The van der Waals surface area contributed by atoms with Crippen LogP contribution in [0.2, 0.25) is 0 Å². The van der Waals surface area contributed by atoms with E-state index < -0.39 is 0 Å². The van der Waals surface area contributed by atoms with Crippen LogP contribution in [0.4, 0.5) is 0 Å². The molecule has 11 rings (SSSR count). The number of fused-ring (bicyclic) bond motifs is 6. The maximum Gasteiger partial charge on any atom is 0.136 e. The highest BCUT2D eigenvalue weighted by Gasteiger charge is 2.20. The summed E-state index contributed by atoms with van der Waals surface area (Å²) in [7, 11) is 0. The van der Waals surface area contributed by atoms with Gasteiger partial charge in [0.15, 0.2) is 0 Å². The molecule has 11 aromatic rings. The molecule has 0 spiro atoms. The van der Waals surface area contributed by atoms with E-state index in [1.165, 1.54) is 81.3 Å². The lowest BCUT2D eigenvalue weighted by atomic mass is 9.83. The van der Waals surface area contributed by atoms with Gasteiger partial charge in [-0.25, -0.2) is 0 Å². The fourth-order valence-electron chi connectivity index (χ4n) is 8.30. The van der Waals surface area contributed by atoms with Gasteiger partial charge >= 0.3 is 0 Å². The highest BCUT2D eigenvalue weighted by Crippen LogP contribution is 2.47. The van der Waals surface area contributed by atoms with E-state index in [-0.39, 0.29) is 0 Å². The van der Waals surface area contributed by atoms with Crippen LogP contribution in [-0.2, 0) is 0 Å². The van der Waals surface area contributed by atoms with Crippen LogP contribution in [0.3, 0.4) is 0 Å². The Bertz CT molecular complexity index is 3000. The Morgan fingerprint density at radius 2 is 0.830 bits per heavy atom. The van der Waals surface area contributed by atoms with Gasteiger partial charge in [0.2, 0.25) is 0 Å². The molecule has 0 saturated carbocycles. The number of hydrogen-bond donors (Lipinski definition) is 0. The SMILES string of the molecule is c1ccc2cc3c(cc2c1)oc1cc(-c2c4ccccc4c(-c4ccc5ccc6cccc7ccc4c5c67)c4ccccc24)ccc13. The topological polar surface area (TPSA) is 13.1 Å². The number of hydrogen-bond acceptors (Lipinski definition) is 1. The van der Waals surface area contributed by atoms with Crippen molar-refractivity contribution in [3.8, 4) is 22.3 Å². The van der Waals surface area contributed by atoms with Crippen LogP contribution in [0, 0.1) is 0 Å². The van der Waals surface area contributed by atoms with E-state index >= 15 is 0 Å². The van der Waals surface area contributed by atoms with Crippen LogP contribution >= 0.6 is 0 Å². The summed E-state index contributed by atoms with van der Waals surface area (Å²) in [5, 5.41) is 17.6. The molecule has 47 heavy (non-hydrogen) atoms. The molecule has 0 amide bonds. The molecule has 0 N–H and O–H groups in total. The summed E-state index contributed by atoms with van der Waals surface area (Å²) in [6.45, 7) is 0. The summed E-state index contributed by atoms with van der Waals surface area (Å²) in [6.07, 6.45) is 0. The van der Waals surface area contributed by atoms with Crippen molar-refractivity contribution in [3.05, 3.63) is 158 Å². The maximum absolute atomic E-state index is 6.54. The fourth-order valence-corrected chi connectivity index (χ4v) is 8.30. The van der Waals surface area contributed by atoms with Crippen molar-refractivity contribution in [1.29, 1.82) is 0 Å². The lowest BCUT2D eigenvalue weighted by Gasteiger charge is -2.20. The molecule has 10 aromatic carbocycles. The molecule has 1 heterocycles. The van der Waals surface area contributed by atoms with Gasteiger partial charge in [0, 0.05) is 10.8 Å². The van der Waals surface area contributed by atoms with Gasteiger partial charge in [-0.05, 0) is 111 Å². The van der Waals surface area contributed by atoms with E-state index in [4.69, 9.17) is 4.42 Å². The Balaban J connectivity index is 1.22. The van der Waals surface area contributed by atoms with E-state index in [2.05, 4.69) is 158 Å². The Kier molecular flexibility index (Phi) is 4.90. The lowest BCUT2D eigenvalue weighted by Crippen LogP contribution is -1.92. The third-order valence-corrected chi connectivity index (χ3v) is 10.4. The zero-order valence-electron chi connectivity index (χ0n) is 25.4. The van der Waals surface area contributed by atoms with Crippen molar-refractivity contribution >= 4 is 86.6 Å². The largest absolute Gasteiger partial charge is 0.456 e. The first-order valence-corrected chi connectivity index (χ1v) is 16.3. The molecule has 1 aromatic heterocycles. The molecule has 0 saturated heterocycles. The molecule has 0 aliphatic heterocycles. The second kappa shape index (κ2) is 9.19. The van der Waals surface area contributed by atoms with Crippen LogP contribution < -0.4 is 0 Å². The molecular formula is C46H26O. The Morgan fingerprint density at radius 3 is 1.55 bits per heavy atom. The summed E-state index contributed by atoms with van der Waals surface area (Å²) >= 11 is 0. The third-order valence-electron chi connectivity index (χ3n) is 10.4. The van der Waals surface area contributed by atoms with Crippen LogP contribution in [0.5, 0.6) is 0 Å². The Morgan fingerprint density at radius 1 is 0.298 bits per heavy atom. The van der Waals surface area contributed by atoms with Crippen LogP contribution in [0.15, 0.2) is 162 Å². The maximum atomic E-state index is 6.54. The second-order valence-corrected chi connectivity index (χ2v) is 12.8. The monoisotopic (exact) mass is 594 g/mol. The molecule has 0 radical (unpaired) electrons. The number of benzene rings is 10. The minimum Gasteiger partial charge on any atom is -0.456 e.